The minimum atomic E-state index is 0.837. The van der Waals surface area contributed by atoms with Gasteiger partial charge in [0.15, 0.2) is 0 Å². The molecule has 0 aliphatic carbocycles. The number of ether oxygens (including phenoxy) is 1. The molecule has 0 amide bonds. The Kier molecular flexibility index (Phi) is 4.34. The third kappa shape index (κ3) is 3.40. The number of nitrogens with one attached hydrogen (secondary N) is 1. The van der Waals surface area contributed by atoms with Crippen LogP contribution in [0.1, 0.15) is 23.1 Å². The predicted octanol–water partition coefficient (Wildman–Crippen LogP) is 3.34. The monoisotopic (exact) mass is 267 g/mol. The second-order valence-corrected chi connectivity index (χ2v) is 5.31. The summed E-state index contributed by atoms with van der Waals surface area (Å²) in [5.74, 6) is 1.07. The van der Waals surface area contributed by atoms with Gasteiger partial charge >= 0.3 is 0 Å². The van der Waals surface area contributed by atoms with E-state index in [1.54, 1.807) is 0 Å². The zero-order valence-electron chi connectivity index (χ0n) is 11.8. The Morgan fingerprint density at radius 1 is 1.00 bits per heavy atom. The van der Waals surface area contributed by atoms with Crippen LogP contribution >= 0.6 is 0 Å². The van der Waals surface area contributed by atoms with E-state index >= 15 is 0 Å². The third-order valence-corrected chi connectivity index (χ3v) is 3.74. The first-order chi connectivity index (χ1) is 9.92. The zero-order chi connectivity index (χ0) is 13.6. The fourth-order valence-electron chi connectivity index (χ4n) is 2.64. The first kappa shape index (κ1) is 13.2. The van der Waals surface area contributed by atoms with E-state index < -0.39 is 0 Å². The molecule has 3 rings (SSSR count). The summed E-state index contributed by atoms with van der Waals surface area (Å²) in [4.78, 5) is 0. The van der Waals surface area contributed by atoms with Crippen LogP contribution in [-0.2, 0) is 19.4 Å². The summed E-state index contributed by atoms with van der Waals surface area (Å²) in [6.45, 7) is 2.84. The highest BCUT2D eigenvalue weighted by molar-refractivity contribution is 5.39. The fraction of sp³-hybridized carbons (Fsp3) is 0.333. The van der Waals surface area contributed by atoms with E-state index in [-0.39, 0.29) is 0 Å². The molecule has 1 aliphatic heterocycles. The van der Waals surface area contributed by atoms with Crippen molar-refractivity contribution >= 4 is 0 Å². The van der Waals surface area contributed by atoms with Crippen LogP contribution in [0.2, 0.25) is 0 Å². The first-order valence-corrected chi connectivity index (χ1v) is 7.41. The zero-order valence-corrected chi connectivity index (χ0v) is 11.8. The molecule has 0 radical (unpaired) electrons. The highest BCUT2D eigenvalue weighted by Crippen LogP contribution is 2.25. The molecule has 0 aromatic heterocycles. The summed E-state index contributed by atoms with van der Waals surface area (Å²) in [6.07, 6.45) is 3.38. The minimum absolute atomic E-state index is 0.837. The SMILES string of the molecule is c1ccc(CCCNCc2ccc3c(c2)CCO3)cc1. The van der Waals surface area contributed by atoms with Crippen LogP contribution < -0.4 is 10.1 Å². The van der Waals surface area contributed by atoms with Gasteiger partial charge in [-0.2, -0.15) is 0 Å². The summed E-state index contributed by atoms with van der Waals surface area (Å²) in [5, 5.41) is 3.52. The van der Waals surface area contributed by atoms with Gasteiger partial charge in [-0.15, -0.1) is 0 Å². The molecule has 1 N–H and O–H groups in total. The van der Waals surface area contributed by atoms with Crippen LogP contribution in [0, 0.1) is 0 Å². The van der Waals surface area contributed by atoms with Crippen molar-refractivity contribution in [3.8, 4) is 5.75 Å². The molecule has 2 heteroatoms. The maximum Gasteiger partial charge on any atom is 0.122 e. The molecule has 2 aromatic rings. The van der Waals surface area contributed by atoms with Crippen LogP contribution in [-0.4, -0.2) is 13.2 Å². The van der Waals surface area contributed by atoms with Crippen molar-refractivity contribution in [1.82, 2.24) is 5.32 Å². The molecule has 0 bridgehead atoms. The Hall–Kier alpha value is -1.80. The average Bonchev–Trinajstić information content (AvgIpc) is 2.95. The molecule has 104 valence electrons. The van der Waals surface area contributed by atoms with Crippen molar-refractivity contribution in [1.29, 1.82) is 0 Å². The van der Waals surface area contributed by atoms with Crippen LogP contribution in [0.25, 0.3) is 0 Å². The number of hydrogen-bond donors (Lipinski definition) is 1. The average molecular weight is 267 g/mol. The van der Waals surface area contributed by atoms with Crippen molar-refractivity contribution in [3.05, 3.63) is 65.2 Å². The first-order valence-electron chi connectivity index (χ1n) is 7.41. The van der Waals surface area contributed by atoms with E-state index in [1.165, 1.54) is 23.1 Å². The van der Waals surface area contributed by atoms with Gasteiger partial charge in [-0.3, -0.25) is 0 Å². The quantitative estimate of drug-likeness (QED) is 0.810. The largest absolute Gasteiger partial charge is 0.493 e. The van der Waals surface area contributed by atoms with E-state index in [9.17, 15) is 0 Å². The lowest BCUT2D eigenvalue weighted by molar-refractivity contribution is 0.357. The molecule has 1 aliphatic rings. The molecule has 1 heterocycles. The Balaban J connectivity index is 1.40. The number of benzene rings is 2. The van der Waals surface area contributed by atoms with Crippen molar-refractivity contribution < 1.29 is 4.74 Å². The molecule has 0 saturated heterocycles. The fourth-order valence-corrected chi connectivity index (χ4v) is 2.64. The van der Waals surface area contributed by atoms with Crippen molar-refractivity contribution in [3.63, 3.8) is 0 Å². The lowest BCUT2D eigenvalue weighted by Gasteiger charge is -2.07. The van der Waals surface area contributed by atoms with Crippen LogP contribution in [0.3, 0.4) is 0 Å². The Labute approximate surface area is 120 Å². The summed E-state index contributed by atoms with van der Waals surface area (Å²) < 4.78 is 5.53. The van der Waals surface area contributed by atoms with Gasteiger partial charge in [-0.25, -0.2) is 0 Å². The second-order valence-electron chi connectivity index (χ2n) is 5.31. The Bertz CT molecular complexity index is 551. The number of fused-ring (bicyclic) bond motifs is 1. The van der Waals surface area contributed by atoms with E-state index in [2.05, 4.69) is 53.8 Å². The molecule has 0 atom stereocenters. The van der Waals surface area contributed by atoms with Crippen molar-refractivity contribution in [2.75, 3.05) is 13.2 Å². The number of hydrogen-bond acceptors (Lipinski definition) is 2. The standard InChI is InChI=1S/C18H21NO/c1-2-5-15(6-3-1)7-4-11-19-14-16-8-9-18-17(13-16)10-12-20-18/h1-3,5-6,8-9,13,19H,4,7,10-12,14H2. The van der Waals surface area contributed by atoms with Gasteiger partial charge < -0.3 is 10.1 Å². The Morgan fingerprint density at radius 3 is 2.80 bits per heavy atom. The van der Waals surface area contributed by atoms with Gasteiger partial charge in [0, 0.05) is 13.0 Å². The highest BCUT2D eigenvalue weighted by atomic mass is 16.5. The van der Waals surface area contributed by atoms with Gasteiger partial charge in [0.1, 0.15) is 5.75 Å². The van der Waals surface area contributed by atoms with Gasteiger partial charge in [0.2, 0.25) is 0 Å². The number of rotatable bonds is 6. The minimum Gasteiger partial charge on any atom is -0.493 e. The normalized spacial score (nSPS) is 13.0. The van der Waals surface area contributed by atoms with E-state index in [1.807, 2.05) is 0 Å². The molecular weight excluding hydrogens is 246 g/mol. The van der Waals surface area contributed by atoms with Crippen LogP contribution in [0.4, 0.5) is 0 Å². The summed E-state index contributed by atoms with van der Waals surface area (Å²) in [5.41, 5.74) is 4.13. The molecule has 2 nitrogen and oxygen atoms in total. The summed E-state index contributed by atoms with van der Waals surface area (Å²) in [7, 11) is 0. The molecular formula is C18H21NO. The van der Waals surface area contributed by atoms with Gasteiger partial charge in [-0.1, -0.05) is 42.5 Å². The maximum atomic E-state index is 5.53. The van der Waals surface area contributed by atoms with Gasteiger partial charge in [0.25, 0.3) is 0 Å². The summed E-state index contributed by atoms with van der Waals surface area (Å²) in [6, 6.07) is 17.2. The van der Waals surface area contributed by atoms with Crippen molar-refractivity contribution in [2.24, 2.45) is 0 Å². The third-order valence-electron chi connectivity index (χ3n) is 3.74. The predicted molar refractivity (Wildman–Crippen MR) is 82.1 cm³/mol. The second kappa shape index (κ2) is 6.58. The van der Waals surface area contributed by atoms with E-state index in [0.717, 1.165) is 38.3 Å². The number of aryl methyl sites for hydroxylation is 1. The molecule has 20 heavy (non-hydrogen) atoms. The van der Waals surface area contributed by atoms with Crippen molar-refractivity contribution in [2.45, 2.75) is 25.8 Å². The lowest BCUT2D eigenvalue weighted by Crippen LogP contribution is -2.15. The molecule has 0 unspecified atom stereocenters. The summed E-state index contributed by atoms with van der Waals surface area (Å²) >= 11 is 0. The van der Waals surface area contributed by atoms with Crippen LogP contribution in [0.5, 0.6) is 5.75 Å². The Morgan fingerprint density at radius 2 is 1.90 bits per heavy atom. The molecule has 0 fully saturated rings. The van der Waals surface area contributed by atoms with Crippen LogP contribution in [0.15, 0.2) is 48.5 Å². The smallest absolute Gasteiger partial charge is 0.122 e. The van der Waals surface area contributed by atoms with Gasteiger partial charge in [0.05, 0.1) is 6.61 Å². The molecule has 2 aromatic carbocycles. The topological polar surface area (TPSA) is 21.3 Å². The van der Waals surface area contributed by atoms with Gasteiger partial charge in [-0.05, 0) is 42.1 Å². The molecule has 0 saturated carbocycles. The highest BCUT2D eigenvalue weighted by Gasteiger charge is 2.11. The lowest BCUT2D eigenvalue weighted by atomic mass is 10.1. The van der Waals surface area contributed by atoms with E-state index in [0.29, 0.717) is 0 Å². The maximum absolute atomic E-state index is 5.53. The molecule has 0 spiro atoms. The van der Waals surface area contributed by atoms with E-state index in [4.69, 9.17) is 4.74 Å².